The average molecular weight is 483 g/mol. The zero-order valence-corrected chi connectivity index (χ0v) is 18.5. The summed E-state index contributed by atoms with van der Waals surface area (Å²) >= 11 is 0. The minimum absolute atomic E-state index is 0.152. The Balaban J connectivity index is 1.26. The number of halogens is 4. The van der Waals surface area contributed by atoms with Crippen LogP contribution in [0.25, 0.3) is 16.9 Å². The molecule has 5 rings (SSSR count). The van der Waals surface area contributed by atoms with E-state index >= 15 is 0 Å². The maximum absolute atomic E-state index is 14.2. The van der Waals surface area contributed by atoms with Gasteiger partial charge in [-0.3, -0.25) is 4.79 Å². The number of alkyl halides is 3. The van der Waals surface area contributed by atoms with E-state index in [1.807, 2.05) is 36.4 Å². The standard InChI is InChI=1S/C25H21F4N5O/c26-20-13-19(25(27,28)29)8-9-22(20)31-24(35)18-3-1-2-17(12-18)15-4-6-16(7-5-15)21-10-11-23-32-30-14-34(23)33-21/h4-11,13-14,17-18H,1-3,12H2,(H,31,35). The Hall–Kier alpha value is -3.82. The summed E-state index contributed by atoms with van der Waals surface area (Å²) < 4.78 is 54.1. The molecular weight excluding hydrogens is 462 g/mol. The van der Waals surface area contributed by atoms with Gasteiger partial charge >= 0.3 is 6.18 Å². The largest absolute Gasteiger partial charge is 0.416 e. The normalized spacial score (nSPS) is 18.5. The maximum Gasteiger partial charge on any atom is 0.416 e. The van der Waals surface area contributed by atoms with E-state index in [2.05, 4.69) is 20.6 Å². The molecule has 1 fully saturated rings. The van der Waals surface area contributed by atoms with Crippen molar-refractivity contribution in [3.63, 3.8) is 0 Å². The molecule has 6 nitrogen and oxygen atoms in total. The third-order valence-corrected chi connectivity index (χ3v) is 6.44. The summed E-state index contributed by atoms with van der Waals surface area (Å²) in [6, 6.07) is 13.8. The third-order valence-electron chi connectivity index (χ3n) is 6.44. The predicted octanol–water partition coefficient (Wildman–Crippen LogP) is 5.86. The number of hydrogen-bond donors (Lipinski definition) is 1. The second-order valence-corrected chi connectivity index (χ2v) is 8.72. The molecule has 0 bridgehead atoms. The molecule has 4 aromatic rings. The van der Waals surface area contributed by atoms with Crippen LogP contribution in [0.5, 0.6) is 0 Å². The number of carbonyl (C=O) groups excluding carboxylic acids is 1. The average Bonchev–Trinajstić information content (AvgIpc) is 3.33. The predicted molar refractivity (Wildman–Crippen MR) is 121 cm³/mol. The molecule has 2 atom stereocenters. The van der Waals surface area contributed by atoms with Gasteiger partial charge in [0, 0.05) is 11.5 Å². The minimum Gasteiger partial charge on any atom is -0.323 e. The lowest BCUT2D eigenvalue weighted by atomic mass is 9.77. The highest BCUT2D eigenvalue weighted by Gasteiger charge is 2.32. The van der Waals surface area contributed by atoms with E-state index in [-0.39, 0.29) is 23.4 Å². The van der Waals surface area contributed by atoms with Gasteiger partial charge in [-0.2, -0.15) is 22.8 Å². The number of nitrogens with zero attached hydrogens (tertiary/aromatic N) is 4. The van der Waals surface area contributed by atoms with E-state index < -0.39 is 17.6 Å². The molecule has 0 radical (unpaired) electrons. The Labute approximate surface area is 198 Å². The first kappa shape index (κ1) is 22.9. The molecule has 2 unspecified atom stereocenters. The molecule has 10 heteroatoms. The third kappa shape index (κ3) is 4.87. The van der Waals surface area contributed by atoms with Crippen LogP contribution in [0, 0.1) is 11.7 Å². The Morgan fingerprint density at radius 2 is 1.83 bits per heavy atom. The van der Waals surface area contributed by atoms with Crippen molar-refractivity contribution in [1.29, 1.82) is 0 Å². The van der Waals surface area contributed by atoms with Crippen LogP contribution in [0.3, 0.4) is 0 Å². The van der Waals surface area contributed by atoms with Crippen LogP contribution in [0.1, 0.15) is 42.7 Å². The molecule has 180 valence electrons. The summed E-state index contributed by atoms with van der Waals surface area (Å²) in [4.78, 5) is 12.8. The minimum atomic E-state index is -4.64. The number of anilines is 1. The first-order valence-corrected chi connectivity index (χ1v) is 11.2. The van der Waals surface area contributed by atoms with Gasteiger partial charge in [-0.15, -0.1) is 10.2 Å². The van der Waals surface area contributed by atoms with E-state index in [0.29, 0.717) is 24.6 Å². The second-order valence-electron chi connectivity index (χ2n) is 8.72. The van der Waals surface area contributed by atoms with Crippen molar-refractivity contribution in [3.05, 3.63) is 77.9 Å². The van der Waals surface area contributed by atoms with Gasteiger partial charge in [-0.25, -0.2) is 4.39 Å². The van der Waals surface area contributed by atoms with Gasteiger partial charge in [0.1, 0.15) is 12.1 Å². The molecule has 0 aliphatic heterocycles. The van der Waals surface area contributed by atoms with Gasteiger partial charge < -0.3 is 5.32 Å². The zero-order chi connectivity index (χ0) is 24.6. The van der Waals surface area contributed by atoms with Crippen LogP contribution in [0.15, 0.2) is 60.9 Å². The van der Waals surface area contributed by atoms with Crippen LogP contribution < -0.4 is 5.32 Å². The first-order chi connectivity index (χ1) is 16.8. The number of carbonyl (C=O) groups is 1. The second kappa shape index (κ2) is 9.09. The van der Waals surface area contributed by atoms with Crippen molar-refractivity contribution in [3.8, 4) is 11.3 Å². The van der Waals surface area contributed by atoms with Crippen molar-refractivity contribution in [2.75, 3.05) is 5.32 Å². The van der Waals surface area contributed by atoms with E-state index in [9.17, 15) is 22.4 Å². The van der Waals surface area contributed by atoms with E-state index in [1.165, 1.54) is 6.33 Å². The molecule has 1 aliphatic carbocycles. The smallest absolute Gasteiger partial charge is 0.323 e. The summed E-state index contributed by atoms with van der Waals surface area (Å²) in [6.07, 6.45) is -0.135. The molecule has 1 amide bonds. The molecular formula is C25H21F4N5O. The fraction of sp³-hybridized carbons (Fsp3) is 0.280. The summed E-state index contributed by atoms with van der Waals surface area (Å²) in [5.41, 5.74) is 2.14. The summed E-state index contributed by atoms with van der Waals surface area (Å²) in [5.74, 6) is -1.68. The molecule has 0 spiro atoms. The number of nitrogens with one attached hydrogen (secondary N) is 1. The molecule has 1 aliphatic rings. The SMILES string of the molecule is O=C(Nc1ccc(C(F)(F)F)cc1F)C1CCCC(c2ccc(-c3ccc4nncn4n3)cc2)C1. The van der Waals surface area contributed by atoms with Crippen LogP contribution in [0.2, 0.25) is 0 Å². The number of hydrogen-bond acceptors (Lipinski definition) is 4. The molecule has 1 saturated carbocycles. The van der Waals surface area contributed by atoms with Crippen molar-refractivity contribution in [1.82, 2.24) is 19.8 Å². The zero-order valence-electron chi connectivity index (χ0n) is 18.5. The van der Waals surface area contributed by atoms with Crippen LogP contribution >= 0.6 is 0 Å². The van der Waals surface area contributed by atoms with E-state index in [0.717, 1.165) is 41.8 Å². The number of aromatic nitrogens is 4. The van der Waals surface area contributed by atoms with Gasteiger partial charge in [0.15, 0.2) is 5.65 Å². The van der Waals surface area contributed by atoms with E-state index in [1.54, 1.807) is 4.52 Å². The Morgan fingerprint density at radius 3 is 2.57 bits per heavy atom. The Kier molecular flexibility index (Phi) is 5.96. The first-order valence-electron chi connectivity index (χ1n) is 11.2. The highest BCUT2D eigenvalue weighted by Crippen LogP contribution is 2.38. The van der Waals surface area contributed by atoms with Crippen molar-refractivity contribution >= 4 is 17.2 Å². The van der Waals surface area contributed by atoms with Crippen LogP contribution in [-0.2, 0) is 11.0 Å². The quantitative estimate of drug-likeness (QED) is 0.369. The number of fused-ring (bicyclic) bond motifs is 1. The lowest BCUT2D eigenvalue weighted by Crippen LogP contribution is -2.28. The number of amides is 1. The van der Waals surface area contributed by atoms with Crippen molar-refractivity contribution in [2.24, 2.45) is 5.92 Å². The van der Waals surface area contributed by atoms with Crippen molar-refractivity contribution in [2.45, 2.75) is 37.8 Å². The van der Waals surface area contributed by atoms with Crippen molar-refractivity contribution < 1.29 is 22.4 Å². The van der Waals surface area contributed by atoms with Gasteiger partial charge in [-0.05, 0) is 61.1 Å². The van der Waals surface area contributed by atoms with Crippen LogP contribution in [-0.4, -0.2) is 25.7 Å². The molecule has 0 saturated heterocycles. The van der Waals surface area contributed by atoms with Gasteiger partial charge in [0.2, 0.25) is 5.91 Å². The fourth-order valence-electron chi connectivity index (χ4n) is 4.57. The highest BCUT2D eigenvalue weighted by atomic mass is 19.4. The molecule has 35 heavy (non-hydrogen) atoms. The highest BCUT2D eigenvalue weighted by molar-refractivity contribution is 5.92. The molecule has 1 N–H and O–H groups in total. The number of benzene rings is 2. The summed E-state index contributed by atoms with van der Waals surface area (Å²) in [5, 5.41) is 14.7. The Bertz CT molecular complexity index is 1370. The molecule has 2 aromatic carbocycles. The summed E-state index contributed by atoms with van der Waals surface area (Å²) in [7, 11) is 0. The maximum atomic E-state index is 14.2. The van der Waals surface area contributed by atoms with E-state index in [4.69, 9.17) is 0 Å². The number of rotatable bonds is 4. The molecule has 2 heterocycles. The van der Waals surface area contributed by atoms with Gasteiger partial charge in [0.05, 0.1) is 16.9 Å². The Morgan fingerprint density at radius 1 is 1.03 bits per heavy atom. The van der Waals surface area contributed by atoms with Gasteiger partial charge in [0.25, 0.3) is 0 Å². The lowest BCUT2D eigenvalue weighted by Gasteiger charge is -2.29. The monoisotopic (exact) mass is 483 g/mol. The lowest BCUT2D eigenvalue weighted by molar-refractivity contribution is -0.137. The van der Waals surface area contributed by atoms with Gasteiger partial charge in [-0.1, -0.05) is 30.7 Å². The summed E-state index contributed by atoms with van der Waals surface area (Å²) in [6.45, 7) is 0. The molecule has 2 aromatic heterocycles. The van der Waals surface area contributed by atoms with Crippen LogP contribution in [0.4, 0.5) is 23.2 Å². The fourth-order valence-corrected chi connectivity index (χ4v) is 4.57. The topological polar surface area (TPSA) is 72.2 Å².